The molecule has 1 aromatic carbocycles. The van der Waals surface area contributed by atoms with Gasteiger partial charge in [-0.05, 0) is 55.4 Å². The van der Waals surface area contributed by atoms with Crippen LogP contribution in [0.4, 0.5) is 5.69 Å². The Bertz CT molecular complexity index is 868. The summed E-state index contributed by atoms with van der Waals surface area (Å²) in [7, 11) is 0. The van der Waals surface area contributed by atoms with Crippen LogP contribution in [0.1, 0.15) is 39.1 Å². The maximum absolute atomic E-state index is 13.2. The van der Waals surface area contributed by atoms with Gasteiger partial charge in [-0.1, -0.05) is 12.1 Å². The van der Waals surface area contributed by atoms with Crippen LogP contribution in [0.2, 0.25) is 0 Å². The van der Waals surface area contributed by atoms with Gasteiger partial charge in [0, 0.05) is 37.1 Å². The van der Waals surface area contributed by atoms with E-state index in [0.29, 0.717) is 35.2 Å². The highest BCUT2D eigenvalue weighted by atomic mass is 16.2. The number of benzene rings is 1. The molecule has 3 N–H and O–H groups in total. The summed E-state index contributed by atoms with van der Waals surface area (Å²) in [5, 5.41) is 2.92. The second-order valence-electron chi connectivity index (χ2n) is 7.56. The van der Waals surface area contributed by atoms with Crippen LogP contribution in [0.15, 0.2) is 42.7 Å². The minimum absolute atomic E-state index is 0.0367. The number of hydrogen-bond donors (Lipinski definition) is 2. The molecule has 2 amide bonds. The number of nitrogens with two attached hydrogens (primary N) is 1. The fourth-order valence-corrected chi connectivity index (χ4v) is 4.34. The van der Waals surface area contributed by atoms with Gasteiger partial charge in [0.25, 0.3) is 11.8 Å². The lowest BCUT2D eigenvalue weighted by Gasteiger charge is -2.21. The zero-order valence-electron chi connectivity index (χ0n) is 15.4. The van der Waals surface area contributed by atoms with E-state index in [-0.39, 0.29) is 17.9 Å². The highest BCUT2D eigenvalue weighted by Crippen LogP contribution is 2.38. The molecule has 1 saturated heterocycles. The third kappa shape index (κ3) is 3.32. The molecule has 4 rings (SSSR count). The lowest BCUT2D eigenvalue weighted by molar-refractivity contribution is 0.0780. The first-order valence-corrected chi connectivity index (χ1v) is 9.40. The molecule has 2 heterocycles. The largest absolute Gasteiger partial charge is 0.338 e. The summed E-state index contributed by atoms with van der Waals surface area (Å²) >= 11 is 0. The van der Waals surface area contributed by atoms with Crippen molar-refractivity contribution in [3.63, 3.8) is 0 Å². The SMILES string of the molecule is Cc1cccc(C(=O)N2CC3CCC(N)C3C2)c1NC(=O)c1ccncc1. The van der Waals surface area contributed by atoms with Crippen LogP contribution in [-0.2, 0) is 0 Å². The molecule has 0 bridgehead atoms. The van der Waals surface area contributed by atoms with Gasteiger partial charge in [0.2, 0.25) is 0 Å². The molecule has 0 radical (unpaired) electrons. The van der Waals surface area contributed by atoms with Gasteiger partial charge in [0.05, 0.1) is 11.3 Å². The topological polar surface area (TPSA) is 88.3 Å². The molecule has 2 aromatic rings. The Hall–Kier alpha value is -2.73. The van der Waals surface area contributed by atoms with Crippen LogP contribution in [0.5, 0.6) is 0 Å². The summed E-state index contributed by atoms with van der Waals surface area (Å²) in [4.78, 5) is 31.6. The van der Waals surface area contributed by atoms with Crippen molar-refractivity contribution in [2.45, 2.75) is 25.8 Å². The molecule has 0 spiro atoms. The number of carbonyl (C=O) groups excluding carboxylic acids is 2. The molecule has 3 atom stereocenters. The molecule has 6 nitrogen and oxygen atoms in total. The lowest BCUT2D eigenvalue weighted by Crippen LogP contribution is -2.34. The van der Waals surface area contributed by atoms with Crippen molar-refractivity contribution < 1.29 is 9.59 Å². The van der Waals surface area contributed by atoms with E-state index in [9.17, 15) is 9.59 Å². The Labute approximate surface area is 158 Å². The van der Waals surface area contributed by atoms with Crippen LogP contribution in [0, 0.1) is 18.8 Å². The molecule has 27 heavy (non-hydrogen) atoms. The summed E-state index contributed by atoms with van der Waals surface area (Å²) < 4.78 is 0. The quantitative estimate of drug-likeness (QED) is 0.876. The monoisotopic (exact) mass is 364 g/mol. The number of hydrogen-bond acceptors (Lipinski definition) is 4. The van der Waals surface area contributed by atoms with Crippen LogP contribution in [-0.4, -0.2) is 40.8 Å². The zero-order chi connectivity index (χ0) is 19.0. The van der Waals surface area contributed by atoms with Crippen molar-refractivity contribution in [2.24, 2.45) is 17.6 Å². The second-order valence-corrected chi connectivity index (χ2v) is 7.56. The smallest absolute Gasteiger partial charge is 0.255 e. The molecule has 1 aromatic heterocycles. The Morgan fingerprint density at radius 2 is 1.93 bits per heavy atom. The third-order valence-electron chi connectivity index (χ3n) is 5.88. The van der Waals surface area contributed by atoms with Crippen molar-refractivity contribution >= 4 is 17.5 Å². The first-order valence-electron chi connectivity index (χ1n) is 9.40. The Morgan fingerprint density at radius 3 is 2.67 bits per heavy atom. The molecular weight excluding hydrogens is 340 g/mol. The van der Waals surface area contributed by atoms with E-state index >= 15 is 0 Å². The van der Waals surface area contributed by atoms with E-state index in [0.717, 1.165) is 24.9 Å². The molecule has 1 aliphatic carbocycles. The highest BCUT2D eigenvalue weighted by Gasteiger charge is 2.42. The summed E-state index contributed by atoms with van der Waals surface area (Å²) in [6.07, 6.45) is 5.29. The van der Waals surface area contributed by atoms with E-state index in [4.69, 9.17) is 5.73 Å². The number of aryl methyl sites for hydroxylation is 1. The van der Waals surface area contributed by atoms with E-state index in [1.807, 2.05) is 24.0 Å². The molecular formula is C21H24N4O2. The number of aromatic nitrogens is 1. The Kier molecular flexibility index (Phi) is 4.66. The predicted octanol–water partition coefficient (Wildman–Crippen LogP) is 2.45. The van der Waals surface area contributed by atoms with Crippen LogP contribution < -0.4 is 11.1 Å². The lowest BCUT2D eigenvalue weighted by atomic mass is 9.98. The molecule has 2 fully saturated rings. The summed E-state index contributed by atoms with van der Waals surface area (Å²) in [6, 6.07) is 9.03. The van der Waals surface area contributed by atoms with Crippen molar-refractivity contribution in [3.8, 4) is 0 Å². The predicted molar refractivity (Wildman–Crippen MR) is 103 cm³/mol. The van der Waals surface area contributed by atoms with Gasteiger partial charge < -0.3 is 16.0 Å². The number of para-hydroxylation sites is 1. The standard InChI is InChI=1S/C21H24N4O2/c1-13-3-2-4-16(19(13)24-20(26)14-7-9-23-10-8-14)21(27)25-11-15-5-6-18(22)17(15)12-25/h2-4,7-10,15,17-18H,5-6,11-12,22H2,1H3,(H,24,26). The first kappa shape index (κ1) is 17.7. The third-order valence-corrected chi connectivity index (χ3v) is 5.88. The number of rotatable bonds is 3. The average Bonchev–Trinajstić information content (AvgIpc) is 3.26. The number of fused-ring (bicyclic) bond motifs is 1. The van der Waals surface area contributed by atoms with Gasteiger partial charge in [-0.3, -0.25) is 14.6 Å². The molecule has 3 unspecified atom stereocenters. The number of anilines is 1. The minimum Gasteiger partial charge on any atom is -0.338 e. The average molecular weight is 364 g/mol. The number of likely N-dealkylation sites (tertiary alicyclic amines) is 1. The van der Waals surface area contributed by atoms with Gasteiger partial charge in [0.15, 0.2) is 0 Å². The fourth-order valence-electron chi connectivity index (χ4n) is 4.34. The molecule has 140 valence electrons. The van der Waals surface area contributed by atoms with Crippen molar-refractivity contribution in [1.82, 2.24) is 9.88 Å². The minimum atomic E-state index is -0.249. The molecule has 1 aliphatic heterocycles. The highest BCUT2D eigenvalue weighted by molar-refractivity contribution is 6.09. The van der Waals surface area contributed by atoms with Gasteiger partial charge in [-0.25, -0.2) is 0 Å². The number of carbonyl (C=O) groups is 2. The normalized spacial score (nSPS) is 23.9. The van der Waals surface area contributed by atoms with Gasteiger partial charge in [-0.15, -0.1) is 0 Å². The van der Waals surface area contributed by atoms with Crippen LogP contribution in [0.25, 0.3) is 0 Å². The second kappa shape index (κ2) is 7.12. The first-order chi connectivity index (χ1) is 13.0. The number of pyridine rings is 1. The maximum atomic E-state index is 13.2. The van der Waals surface area contributed by atoms with Crippen molar-refractivity contribution in [2.75, 3.05) is 18.4 Å². The number of amides is 2. The van der Waals surface area contributed by atoms with E-state index < -0.39 is 0 Å². The van der Waals surface area contributed by atoms with E-state index in [2.05, 4.69) is 10.3 Å². The van der Waals surface area contributed by atoms with E-state index in [1.165, 1.54) is 0 Å². The Balaban J connectivity index is 1.58. The maximum Gasteiger partial charge on any atom is 0.255 e. The van der Waals surface area contributed by atoms with Gasteiger partial charge in [0.1, 0.15) is 0 Å². The number of nitrogens with one attached hydrogen (secondary N) is 1. The molecule has 6 heteroatoms. The van der Waals surface area contributed by atoms with Crippen molar-refractivity contribution in [1.29, 1.82) is 0 Å². The molecule has 1 saturated carbocycles. The van der Waals surface area contributed by atoms with Crippen molar-refractivity contribution in [3.05, 3.63) is 59.4 Å². The molecule has 2 aliphatic rings. The Morgan fingerprint density at radius 1 is 1.15 bits per heavy atom. The summed E-state index contributed by atoms with van der Waals surface area (Å²) in [6.45, 7) is 3.35. The number of nitrogens with zero attached hydrogens (tertiary/aromatic N) is 2. The van der Waals surface area contributed by atoms with Crippen LogP contribution in [0.3, 0.4) is 0 Å². The van der Waals surface area contributed by atoms with Gasteiger partial charge in [-0.2, -0.15) is 0 Å². The van der Waals surface area contributed by atoms with Crippen LogP contribution >= 0.6 is 0 Å². The summed E-state index contributed by atoms with van der Waals surface area (Å²) in [5.74, 6) is 0.614. The van der Waals surface area contributed by atoms with Gasteiger partial charge >= 0.3 is 0 Å². The van der Waals surface area contributed by atoms with E-state index in [1.54, 1.807) is 30.6 Å². The fraction of sp³-hybridized carbons (Fsp3) is 0.381. The summed E-state index contributed by atoms with van der Waals surface area (Å²) in [5.41, 5.74) is 8.68. The zero-order valence-corrected chi connectivity index (χ0v) is 15.4.